The number of benzene rings is 1. The van der Waals surface area contributed by atoms with Gasteiger partial charge in [0.05, 0.1) is 18.4 Å². The summed E-state index contributed by atoms with van der Waals surface area (Å²) in [6.45, 7) is 3.01. The first-order valence-electron chi connectivity index (χ1n) is 8.58. The number of hydrogen-bond donors (Lipinski definition) is 1. The van der Waals surface area contributed by atoms with Gasteiger partial charge in [-0.25, -0.2) is 5.10 Å². The minimum atomic E-state index is -3.32. The second-order valence-electron chi connectivity index (χ2n) is 6.67. The van der Waals surface area contributed by atoms with Gasteiger partial charge < -0.3 is 14.5 Å². The van der Waals surface area contributed by atoms with E-state index in [2.05, 4.69) is 10.2 Å². The number of aromatic nitrogens is 2. The summed E-state index contributed by atoms with van der Waals surface area (Å²) in [4.78, 5) is 27.6. The number of carbonyl (C=O) groups excluding carboxylic acids is 1. The van der Waals surface area contributed by atoms with Crippen molar-refractivity contribution in [2.24, 2.45) is 0 Å². The number of nitrogens with one attached hydrogen (secondary N) is 1. The molecule has 1 N–H and O–H groups in total. The molecule has 2 aromatic rings. The van der Waals surface area contributed by atoms with Crippen molar-refractivity contribution in [3.8, 4) is 5.75 Å². The van der Waals surface area contributed by atoms with E-state index in [9.17, 15) is 18.4 Å². The summed E-state index contributed by atoms with van der Waals surface area (Å²) in [5, 5.41) is 5.92. The molecule has 150 valence electrons. The highest BCUT2D eigenvalue weighted by atomic mass is 35.5. The third-order valence-electron chi connectivity index (χ3n) is 4.38. The predicted molar refractivity (Wildman–Crippen MR) is 99.8 cm³/mol. The predicted octanol–water partition coefficient (Wildman–Crippen LogP) is 2.65. The summed E-state index contributed by atoms with van der Waals surface area (Å²) in [6.07, 6.45) is -1.93. The Bertz CT molecular complexity index is 932. The molecule has 3 rings (SSSR count). The first-order valence-corrected chi connectivity index (χ1v) is 8.96. The number of alkyl halides is 2. The molecule has 0 saturated carbocycles. The van der Waals surface area contributed by atoms with E-state index < -0.39 is 11.7 Å². The number of aromatic amines is 1. The van der Waals surface area contributed by atoms with Gasteiger partial charge in [-0.2, -0.15) is 13.9 Å². The number of halogens is 3. The zero-order chi connectivity index (χ0) is 20.5. The molecule has 1 saturated heterocycles. The zero-order valence-corrected chi connectivity index (χ0v) is 16.0. The molecule has 2 heterocycles. The molecule has 0 unspecified atom stereocenters. The van der Waals surface area contributed by atoms with Crippen LogP contribution in [0.1, 0.15) is 19.4 Å². The number of nitrogens with zero attached hydrogens (tertiary/aromatic N) is 3. The molecule has 0 bridgehead atoms. The van der Waals surface area contributed by atoms with Gasteiger partial charge in [-0.15, -0.1) is 0 Å². The molecular weight excluding hydrogens is 394 g/mol. The summed E-state index contributed by atoms with van der Waals surface area (Å²) in [5.41, 5.74) is 0.321. The molecule has 7 nitrogen and oxygen atoms in total. The quantitative estimate of drug-likeness (QED) is 0.816. The monoisotopic (exact) mass is 412 g/mol. The third-order valence-corrected chi connectivity index (χ3v) is 4.75. The van der Waals surface area contributed by atoms with Crippen LogP contribution < -0.4 is 15.2 Å². The highest BCUT2D eigenvalue weighted by Crippen LogP contribution is 2.29. The zero-order valence-electron chi connectivity index (χ0n) is 15.3. The van der Waals surface area contributed by atoms with Gasteiger partial charge in [0.2, 0.25) is 5.91 Å². The van der Waals surface area contributed by atoms with Gasteiger partial charge in [-0.1, -0.05) is 29.8 Å². The Morgan fingerprint density at radius 2 is 2.07 bits per heavy atom. The standard InChI is InChI=1S/C18H19ClF2N4O3/c1-11-8-24(13-7-22-23-17(27)16(13)19)10-15(26)25(11)9-12-5-3-4-6-14(12)28-18(2,20)21/h3-7,11H,8-10H2,1-2H3,(H,23,27)/t11-/m1/s1. The molecule has 0 radical (unpaired) electrons. The van der Waals surface area contributed by atoms with Crippen LogP contribution >= 0.6 is 11.6 Å². The van der Waals surface area contributed by atoms with Crippen LogP contribution in [0.4, 0.5) is 14.5 Å². The van der Waals surface area contributed by atoms with Crippen molar-refractivity contribution in [2.75, 3.05) is 18.0 Å². The summed E-state index contributed by atoms with van der Waals surface area (Å²) in [7, 11) is 0. The highest BCUT2D eigenvalue weighted by Gasteiger charge is 2.32. The van der Waals surface area contributed by atoms with Crippen LogP contribution in [0.15, 0.2) is 35.3 Å². The number of rotatable bonds is 5. The Hall–Kier alpha value is -2.68. The molecule has 1 aliphatic rings. The van der Waals surface area contributed by atoms with Gasteiger partial charge in [0.1, 0.15) is 10.8 Å². The number of piperazine rings is 1. The van der Waals surface area contributed by atoms with Gasteiger partial charge >= 0.3 is 6.11 Å². The summed E-state index contributed by atoms with van der Waals surface area (Å²) < 4.78 is 31.3. The van der Waals surface area contributed by atoms with E-state index in [0.29, 0.717) is 24.7 Å². The second-order valence-corrected chi connectivity index (χ2v) is 7.05. The summed E-state index contributed by atoms with van der Waals surface area (Å²) >= 11 is 6.03. The van der Waals surface area contributed by atoms with Crippen molar-refractivity contribution in [2.45, 2.75) is 32.5 Å². The number of para-hydroxylation sites is 1. The Labute approximate surface area is 164 Å². The molecule has 0 spiro atoms. The molecule has 0 aliphatic carbocycles. The van der Waals surface area contributed by atoms with Crippen LogP contribution in [-0.2, 0) is 11.3 Å². The molecule has 1 aromatic heterocycles. The number of H-pyrrole nitrogens is 1. The molecule has 1 aromatic carbocycles. The summed E-state index contributed by atoms with van der Waals surface area (Å²) in [5.74, 6) is -0.201. The van der Waals surface area contributed by atoms with Crippen molar-refractivity contribution in [1.82, 2.24) is 15.1 Å². The fourth-order valence-corrected chi connectivity index (χ4v) is 3.33. The molecule has 1 fully saturated rings. The largest absolute Gasteiger partial charge is 0.432 e. The van der Waals surface area contributed by atoms with Crippen LogP contribution in [0.2, 0.25) is 5.02 Å². The number of anilines is 1. The van der Waals surface area contributed by atoms with Crippen LogP contribution in [0.5, 0.6) is 5.75 Å². The van der Waals surface area contributed by atoms with Crippen molar-refractivity contribution in [3.63, 3.8) is 0 Å². The van der Waals surface area contributed by atoms with E-state index >= 15 is 0 Å². The van der Waals surface area contributed by atoms with Gasteiger partial charge in [0.15, 0.2) is 0 Å². The van der Waals surface area contributed by atoms with Gasteiger partial charge in [0.25, 0.3) is 5.56 Å². The van der Waals surface area contributed by atoms with E-state index in [0.717, 1.165) is 0 Å². The highest BCUT2D eigenvalue weighted by molar-refractivity contribution is 6.33. The van der Waals surface area contributed by atoms with Crippen LogP contribution in [0.25, 0.3) is 0 Å². The number of hydrogen-bond acceptors (Lipinski definition) is 5. The Kier molecular flexibility index (Phi) is 5.55. The second kappa shape index (κ2) is 7.75. The fourth-order valence-electron chi connectivity index (χ4n) is 3.11. The van der Waals surface area contributed by atoms with Crippen LogP contribution in [-0.4, -0.2) is 46.2 Å². The SMILES string of the molecule is C[C@@H]1CN(c2cn[nH]c(=O)c2Cl)CC(=O)N1Cc1ccccc1OC(C)(F)F. The normalized spacial score (nSPS) is 17.8. The average Bonchev–Trinajstić information content (AvgIpc) is 2.60. The maximum atomic E-state index is 13.3. The summed E-state index contributed by atoms with van der Waals surface area (Å²) in [6, 6.07) is 6.12. The lowest BCUT2D eigenvalue weighted by molar-refractivity contribution is -0.159. The lowest BCUT2D eigenvalue weighted by Crippen LogP contribution is -2.55. The smallest absolute Gasteiger partial charge is 0.394 e. The minimum Gasteiger partial charge on any atom is -0.432 e. The van der Waals surface area contributed by atoms with Crippen molar-refractivity contribution in [1.29, 1.82) is 0 Å². The van der Waals surface area contributed by atoms with Crippen LogP contribution in [0, 0.1) is 0 Å². The maximum Gasteiger partial charge on any atom is 0.394 e. The van der Waals surface area contributed by atoms with Crippen molar-refractivity contribution < 1.29 is 18.3 Å². The Morgan fingerprint density at radius 3 is 2.75 bits per heavy atom. The molecular formula is C18H19ClF2N4O3. The lowest BCUT2D eigenvalue weighted by Gasteiger charge is -2.40. The average molecular weight is 413 g/mol. The van der Waals surface area contributed by atoms with Crippen molar-refractivity contribution in [3.05, 3.63) is 51.4 Å². The van der Waals surface area contributed by atoms with E-state index in [1.54, 1.807) is 28.0 Å². The van der Waals surface area contributed by atoms with E-state index in [1.165, 1.54) is 12.3 Å². The first-order chi connectivity index (χ1) is 13.2. The first kappa shape index (κ1) is 20.1. The van der Waals surface area contributed by atoms with E-state index in [4.69, 9.17) is 16.3 Å². The van der Waals surface area contributed by atoms with Gasteiger partial charge in [-0.3, -0.25) is 9.59 Å². The fraction of sp³-hybridized carbons (Fsp3) is 0.389. The molecule has 28 heavy (non-hydrogen) atoms. The molecule has 10 heteroatoms. The van der Waals surface area contributed by atoms with Crippen LogP contribution in [0.3, 0.4) is 0 Å². The molecule has 1 aliphatic heterocycles. The maximum absolute atomic E-state index is 13.3. The molecule has 1 amide bonds. The Balaban J connectivity index is 1.79. The van der Waals surface area contributed by atoms with Crippen molar-refractivity contribution >= 4 is 23.2 Å². The van der Waals surface area contributed by atoms with E-state index in [-0.39, 0.29) is 35.8 Å². The third kappa shape index (κ3) is 4.41. The Morgan fingerprint density at radius 1 is 1.36 bits per heavy atom. The van der Waals surface area contributed by atoms with Gasteiger partial charge in [0, 0.05) is 31.6 Å². The minimum absolute atomic E-state index is 0.0118. The molecule has 1 atom stereocenters. The van der Waals surface area contributed by atoms with E-state index in [1.807, 2.05) is 6.92 Å². The number of amides is 1. The lowest BCUT2D eigenvalue weighted by atomic mass is 10.1. The number of carbonyl (C=O) groups is 1. The number of ether oxygens (including phenoxy) is 1. The van der Waals surface area contributed by atoms with Gasteiger partial charge in [-0.05, 0) is 13.0 Å². The topological polar surface area (TPSA) is 78.5 Å².